The van der Waals surface area contributed by atoms with E-state index in [0.717, 1.165) is 45.1 Å². The third kappa shape index (κ3) is 28.4. The second kappa shape index (κ2) is 33.3. The van der Waals surface area contributed by atoms with E-state index in [1.807, 2.05) is 6.92 Å². The van der Waals surface area contributed by atoms with Gasteiger partial charge in [-0.25, -0.2) is 0 Å². The van der Waals surface area contributed by atoms with Gasteiger partial charge in [0.05, 0.1) is 0 Å². The Bertz CT molecular complexity index is 580. The zero-order valence-corrected chi connectivity index (χ0v) is 30.4. The third-order valence-electron chi connectivity index (χ3n) is 9.21. The second-order valence-electron chi connectivity index (χ2n) is 13.6. The summed E-state index contributed by atoms with van der Waals surface area (Å²) in [6.45, 7) is 9.53. The van der Waals surface area contributed by atoms with Crippen LogP contribution in [0.4, 0.5) is 0 Å². The van der Waals surface area contributed by atoms with Gasteiger partial charge < -0.3 is 10.6 Å². The highest BCUT2D eigenvalue weighted by molar-refractivity contribution is 5.80. The van der Waals surface area contributed by atoms with Gasteiger partial charge in [-0.15, -0.1) is 0 Å². The van der Waals surface area contributed by atoms with Crippen molar-refractivity contribution in [3.8, 4) is 0 Å². The highest BCUT2D eigenvalue weighted by Crippen LogP contribution is 2.15. The molecule has 0 aliphatic carbocycles. The maximum absolute atomic E-state index is 12.9. The number of unbranched alkanes of at least 4 members (excludes halogenated alkanes) is 25. The number of nitrogens with one attached hydrogen (secondary N) is 3. The van der Waals surface area contributed by atoms with Crippen LogP contribution in [0.3, 0.4) is 0 Å². The van der Waals surface area contributed by atoms with Gasteiger partial charge in [0.15, 0.2) is 5.79 Å². The van der Waals surface area contributed by atoms with Gasteiger partial charge in [0.2, 0.25) is 11.8 Å². The molecular formula is C39H79N3O2. The zero-order chi connectivity index (χ0) is 32.4. The largest absolute Gasteiger partial charge is 0.321 e. The zero-order valence-electron chi connectivity index (χ0n) is 30.4. The average molecular weight is 622 g/mol. The number of amides is 2. The minimum Gasteiger partial charge on any atom is -0.321 e. The van der Waals surface area contributed by atoms with E-state index in [2.05, 4.69) is 36.7 Å². The molecule has 0 aliphatic heterocycles. The minimum absolute atomic E-state index is 0.0418. The van der Waals surface area contributed by atoms with Crippen molar-refractivity contribution in [3.05, 3.63) is 0 Å². The highest BCUT2D eigenvalue weighted by Gasteiger charge is 2.30. The van der Waals surface area contributed by atoms with E-state index >= 15 is 0 Å². The topological polar surface area (TPSA) is 70.2 Å². The number of rotatable bonds is 35. The van der Waals surface area contributed by atoms with Gasteiger partial charge in [-0.1, -0.05) is 188 Å². The molecule has 44 heavy (non-hydrogen) atoms. The number of hydrogen-bond donors (Lipinski definition) is 3. The Hall–Kier alpha value is -1.10. The first-order chi connectivity index (χ1) is 21.5. The van der Waals surface area contributed by atoms with Crippen LogP contribution in [-0.2, 0) is 9.59 Å². The standard InChI is InChI=1S/C39H79N3O2/c1-5-9-12-14-16-18-20-22-24-26-28-30-32-34-37(43)41-39(8-4,40-36-11-7-3)42-38(44)35-33-31-29-27-25-23-21-19-17-15-13-10-6-2/h40H,5-36H2,1-4H3,(H,41,43)(H,42,44). The summed E-state index contributed by atoms with van der Waals surface area (Å²) >= 11 is 0. The van der Waals surface area contributed by atoms with Crippen LogP contribution >= 0.6 is 0 Å². The first-order valence-electron chi connectivity index (χ1n) is 19.9. The van der Waals surface area contributed by atoms with E-state index in [0.29, 0.717) is 19.3 Å². The summed E-state index contributed by atoms with van der Waals surface area (Å²) in [6.07, 6.45) is 37.6. The predicted octanol–water partition coefficient (Wildman–Crippen LogP) is 11.6. The molecule has 0 unspecified atom stereocenters. The molecule has 3 N–H and O–H groups in total. The normalized spacial score (nSPS) is 11.6. The van der Waals surface area contributed by atoms with Gasteiger partial charge in [-0.2, -0.15) is 0 Å². The molecule has 5 nitrogen and oxygen atoms in total. The van der Waals surface area contributed by atoms with Crippen LogP contribution in [-0.4, -0.2) is 24.1 Å². The van der Waals surface area contributed by atoms with E-state index in [9.17, 15) is 9.59 Å². The van der Waals surface area contributed by atoms with E-state index in [4.69, 9.17) is 0 Å². The first kappa shape index (κ1) is 42.9. The minimum atomic E-state index is -0.837. The molecule has 0 heterocycles. The molecule has 0 spiro atoms. The predicted molar refractivity (Wildman–Crippen MR) is 193 cm³/mol. The van der Waals surface area contributed by atoms with Crippen molar-refractivity contribution in [2.45, 2.75) is 233 Å². The molecule has 0 saturated carbocycles. The first-order valence-corrected chi connectivity index (χ1v) is 19.9. The molecule has 0 saturated heterocycles. The SMILES string of the molecule is CCCCCCCCCCCCCCCC(=O)NC(CC)(NCCCC)NC(=O)CCCCCCCCCCCCCCC. The van der Waals surface area contributed by atoms with Crippen LogP contribution in [0.25, 0.3) is 0 Å². The third-order valence-corrected chi connectivity index (χ3v) is 9.21. The van der Waals surface area contributed by atoms with Gasteiger partial charge >= 0.3 is 0 Å². The summed E-state index contributed by atoms with van der Waals surface area (Å²) in [5, 5.41) is 9.84. The molecule has 0 aromatic heterocycles. The number of hydrogen-bond acceptors (Lipinski definition) is 3. The Balaban J connectivity index is 4.13. The fourth-order valence-electron chi connectivity index (χ4n) is 6.11. The summed E-state index contributed by atoms with van der Waals surface area (Å²) in [7, 11) is 0. The maximum Gasteiger partial charge on any atom is 0.222 e. The molecule has 0 rings (SSSR count). The summed E-state index contributed by atoms with van der Waals surface area (Å²) in [4.78, 5) is 25.8. The van der Waals surface area contributed by atoms with Crippen LogP contribution < -0.4 is 16.0 Å². The second-order valence-corrected chi connectivity index (χ2v) is 13.6. The van der Waals surface area contributed by atoms with Crippen molar-refractivity contribution < 1.29 is 9.59 Å². The smallest absolute Gasteiger partial charge is 0.222 e. The highest BCUT2D eigenvalue weighted by atomic mass is 16.2. The number of carbonyl (C=O) groups excluding carboxylic acids is 2. The Morgan fingerprint density at radius 1 is 0.386 bits per heavy atom. The Morgan fingerprint density at radius 2 is 0.659 bits per heavy atom. The van der Waals surface area contributed by atoms with Crippen molar-refractivity contribution >= 4 is 11.8 Å². The van der Waals surface area contributed by atoms with E-state index in [-0.39, 0.29) is 11.8 Å². The van der Waals surface area contributed by atoms with E-state index in [1.165, 1.54) is 141 Å². The van der Waals surface area contributed by atoms with Crippen LogP contribution in [0.2, 0.25) is 0 Å². The average Bonchev–Trinajstić information content (AvgIpc) is 3.01. The summed E-state index contributed by atoms with van der Waals surface area (Å²) in [5.74, 6) is -0.753. The van der Waals surface area contributed by atoms with Crippen molar-refractivity contribution in [1.82, 2.24) is 16.0 Å². The maximum atomic E-state index is 12.9. The molecule has 0 fully saturated rings. The molecule has 5 heteroatoms. The lowest BCUT2D eigenvalue weighted by Gasteiger charge is -2.36. The molecule has 0 aromatic carbocycles. The molecule has 0 bridgehead atoms. The molecule has 0 radical (unpaired) electrons. The van der Waals surface area contributed by atoms with Crippen LogP contribution in [0.1, 0.15) is 227 Å². The van der Waals surface area contributed by atoms with Crippen molar-refractivity contribution in [3.63, 3.8) is 0 Å². The molecular weight excluding hydrogens is 542 g/mol. The van der Waals surface area contributed by atoms with Gasteiger partial charge in [-0.05, 0) is 25.8 Å². The van der Waals surface area contributed by atoms with Crippen LogP contribution in [0, 0.1) is 0 Å². The summed E-state index contributed by atoms with van der Waals surface area (Å²) < 4.78 is 0. The van der Waals surface area contributed by atoms with Gasteiger partial charge in [0, 0.05) is 19.3 Å². The quantitative estimate of drug-likeness (QED) is 0.0487. The molecule has 2 amide bonds. The van der Waals surface area contributed by atoms with E-state index in [1.54, 1.807) is 0 Å². The van der Waals surface area contributed by atoms with Crippen LogP contribution in [0.5, 0.6) is 0 Å². The monoisotopic (exact) mass is 622 g/mol. The van der Waals surface area contributed by atoms with Crippen molar-refractivity contribution in [2.75, 3.05) is 6.54 Å². The van der Waals surface area contributed by atoms with Crippen molar-refractivity contribution in [1.29, 1.82) is 0 Å². The van der Waals surface area contributed by atoms with Gasteiger partial charge in [-0.3, -0.25) is 14.9 Å². The summed E-state index contributed by atoms with van der Waals surface area (Å²) in [5.41, 5.74) is 0. The van der Waals surface area contributed by atoms with Crippen molar-refractivity contribution in [2.24, 2.45) is 0 Å². The fraction of sp³-hybridized carbons (Fsp3) is 0.949. The molecule has 262 valence electrons. The lowest BCUT2D eigenvalue weighted by atomic mass is 10.0. The lowest BCUT2D eigenvalue weighted by Crippen LogP contribution is -2.68. The Labute approximate surface area is 276 Å². The van der Waals surface area contributed by atoms with Gasteiger partial charge in [0.1, 0.15) is 0 Å². The lowest BCUT2D eigenvalue weighted by molar-refractivity contribution is -0.128. The fourth-order valence-corrected chi connectivity index (χ4v) is 6.11. The summed E-state index contributed by atoms with van der Waals surface area (Å²) in [6, 6.07) is 0. The van der Waals surface area contributed by atoms with E-state index < -0.39 is 5.79 Å². The molecule has 0 aliphatic rings. The molecule has 0 atom stereocenters. The van der Waals surface area contributed by atoms with Gasteiger partial charge in [0.25, 0.3) is 0 Å². The Kier molecular flexibility index (Phi) is 32.4. The van der Waals surface area contributed by atoms with Crippen LogP contribution in [0.15, 0.2) is 0 Å². The molecule has 0 aromatic rings. The number of carbonyl (C=O) groups is 2. The Morgan fingerprint density at radius 3 is 0.932 bits per heavy atom.